The third kappa shape index (κ3) is 6.70. The maximum Gasteiger partial charge on any atom is 0.294 e. The molecule has 3 amide bonds. The average Bonchev–Trinajstić information content (AvgIpc) is 3.12. The molecule has 3 aromatic carbocycles. The smallest absolute Gasteiger partial charge is 0.294 e. The molecule has 11 heteroatoms. The van der Waals surface area contributed by atoms with E-state index >= 15 is 0 Å². The van der Waals surface area contributed by atoms with Gasteiger partial charge in [0.1, 0.15) is 24.8 Å². The molecule has 38 heavy (non-hydrogen) atoms. The molecule has 196 valence electrons. The van der Waals surface area contributed by atoms with Gasteiger partial charge in [0.05, 0.1) is 15.1 Å². The monoisotopic (exact) mass is 650 g/mol. The van der Waals surface area contributed by atoms with Crippen molar-refractivity contribution in [1.82, 2.24) is 4.90 Å². The zero-order valence-corrected chi connectivity index (χ0v) is 23.0. The first-order chi connectivity index (χ1) is 18.2. The minimum Gasteiger partial charge on any atom is -0.490 e. The van der Waals surface area contributed by atoms with Crippen LogP contribution in [0, 0.1) is 15.2 Å². The lowest BCUT2D eigenvalue weighted by Crippen LogP contribution is -2.36. The molecule has 0 spiro atoms. The molecular weight excluding hydrogens is 629 g/mol. The predicted molar refractivity (Wildman–Crippen MR) is 149 cm³/mol. The van der Waals surface area contributed by atoms with Crippen molar-refractivity contribution in [1.29, 1.82) is 0 Å². The van der Waals surface area contributed by atoms with Crippen molar-refractivity contribution in [2.75, 3.05) is 18.5 Å². The van der Waals surface area contributed by atoms with Gasteiger partial charge in [-0.1, -0.05) is 24.3 Å². The number of halogens is 3. The van der Waals surface area contributed by atoms with Gasteiger partial charge in [-0.2, -0.15) is 0 Å². The van der Waals surface area contributed by atoms with Crippen LogP contribution >= 0.6 is 34.4 Å². The summed E-state index contributed by atoms with van der Waals surface area (Å²) in [4.78, 5) is 38.7. The van der Waals surface area contributed by atoms with Crippen molar-refractivity contribution >= 4 is 63.2 Å². The second kappa shape index (κ2) is 12.4. The Morgan fingerprint density at radius 3 is 2.61 bits per heavy atom. The fourth-order valence-corrected chi connectivity index (χ4v) is 5.16. The number of benzene rings is 3. The molecule has 1 aliphatic heterocycles. The normalized spacial score (nSPS) is 14.2. The molecular formula is C27H21F2IN2O5S. The van der Waals surface area contributed by atoms with Crippen LogP contribution in [0.5, 0.6) is 11.5 Å². The number of nitrogens with zero attached hydrogens (tertiary/aromatic N) is 1. The number of carbonyl (C=O) groups is 3. The second-order valence-corrected chi connectivity index (χ2v) is 10.1. The number of anilines is 1. The molecule has 1 heterocycles. The highest BCUT2D eigenvalue weighted by Crippen LogP contribution is 2.38. The molecule has 0 saturated carbocycles. The van der Waals surface area contributed by atoms with Gasteiger partial charge in [0.15, 0.2) is 11.5 Å². The van der Waals surface area contributed by atoms with Gasteiger partial charge in [0.2, 0.25) is 5.91 Å². The largest absolute Gasteiger partial charge is 0.490 e. The van der Waals surface area contributed by atoms with E-state index in [0.717, 1.165) is 11.0 Å². The molecule has 1 saturated heterocycles. The van der Waals surface area contributed by atoms with Gasteiger partial charge in [0.25, 0.3) is 11.1 Å². The van der Waals surface area contributed by atoms with Crippen LogP contribution in [0.3, 0.4) is 0 Å². The van der Waals surface area contributed by atoms with Crippen molar-refractivity contribution < 1.29 is 32.6 Å². The van der Waals surface area contributed by atoms with Crippen molar-refractivity contribution in [3.8, 4) is 11.5 Å². The van der Waals surface area contributed by atoms with E-state index in [9.17, 15) is 23.2 Å². The first-order valence-corrected chi connectivity index (χ1v) is 13.3. The van der Waals surface area contributed by atoms with E-state index in [0.29, 0.717) is 44.6 Å². The number of thioether (sulfide) groups is 1. The number of amides is 3. The molecule has 0 unspecified atom stereocenters. The lowest BCUT2D eigenvalue weighted by Gasteiger charge is -2.15. The zero-order valence-electron chi connectivity index (χ0n) is 20.0. The van der Waals surface area contributed by atoms with E-state index in [4.69, 9.17) is 9.47 Å². The molecule has 0 radical (unpaired) electrons. The van der Waals surface area contributed by atoms with Gasteiger partial charge in [-0.25, -0.2) is 8.78 Å². The summed E-state index contributed by atoms with van der Waals surface area (Å²) in [5, 5.41) is 1.87. The van der Waals surface area contributed by atoms with Crippen LogP contribution in [0.25, 0.3) is 6.08 Å². The Morgan fingerprint density at radius 1 is 1.08 bits per heavy atom. The van der Waals surface area contributed by atoms with Gasteiger partial charge < -0.3 is 14.8 Å². The summed E-state index contributed by atoms with van der Waals surface area (Å²) >= 11 is 2.76. The predicted octanol–water partition coefficient (Wildman–Crippen LogP) is 6.22. The van der Waals surface area contributed by atoms with Crippen molar-refractivity contribution in [3.05, 3.63) is 91.9 Å². The number of rotatable bonds is 9. The minimum atomic E-state index is -0.635. The summed E-state index contributed by atoms with van der Waals surface area (Å²) in [6, 6.07) is 15.0. The van der Waals surface area contributed by atoms with Gasteiger partial charge in [-0.05, 0) is 89.3 Å². The van der Waals surface area contributed by atoms with E-state index < -0.39 is 29.4 Å². The van der Waals surface area contributed by atoms with Crippen LogP contribution in [0.15, 0.2) is 65.6 Å². The van der Waals surface area contributed by atoms with Crippen molar-refractivity contribution in [2.24, 2.45) is 0 Å². The Labute approximate surface area is 235 Å². The second-order valence-electron chi connectivity index (χ2n) is 7.97. The van der Waals surface area contributed by atoms with Crippen molar-refractivity contribution in [2.45, 2.75) is 13.5 Å². The summed E-state index contributed by atoms with van der Waals surface area (Å²) in [7, 11) is 0. The summed E-state index contributed by atoms with van der Waals surface area (Å²) in [5.41, 5.74) is 1.18. The highest BCUT2D eigenvalue weighted by molar-refractivity contribution is 14.1. The van der Waals surface area contributed by atoms with Crippen LogP contribution in [-0.2, 0) is 16.2 Å². The number of imide groups is 1. The first kappa shape index (κ1) is 27.6. The molecule has 1 fully saturated rings. The topological polar surface area (TPSA) is 84.9 Å². The molecule has 1 aliphatic rings. The van der Waals surface area contributed by atoms with Gasteiger partial charge in [-0.3, -0.25) is 19.3 Å². The van der Waals surface area contributed by atoms with E-state index in [1.54, 1.807) is 37.3 Å². The molecule has 1 N–H and O–H groups in total. The number of carbonyl (C=O) groups excluding carboxylic acids is 3. The highest BCUT2D eigenvalue weighted by atomic mass is 127. The van der Waals surface area contributed by atoms with Crippen LogP contribution in [0.2, 0.25) is 0 Å². The molecule has 0 aliphatic carbocycles. The molecule has 0 atom stereocenters. The Morgan fingerprint density at radius 2 is 1.87 bits per heavy atom. The zero-order chi connectivity index (χ0) is 27.2. The molecule has 0 aromatic heterocycles. The Bertz CT molecular complexity index is 1430. The summed E-state index contributed by atoms with van der Waals surface area (Å²) in [6.45, 7) is 1.63. The average molecular weight is 650 g/mol. The molecule has 7 nitrogen and oxygen atoms in total. The number of ether oxygens (including phenoxy) is 2. The number of hydrogen-bond acceptors (Lipinski definition) is 6. The quantitative estimate of drug-likeness (QED) is 0.219. The van der Waals surface area contributed by atoms with Gasteiger partial charge >= 0.3 is 0 Å². The minimum absolute atomic E-state index is 0.00132. The number of hydrogen-bond donors (Lipinski definition) is 1. The Hall–Kier alpha value is -3.45. The molecule has 4 rings (SSSR count). The van der Waals surface area contributed by atoms with Crippen LogP contribution in [0.1, 0.15) is 18.1 Å². The van der Waals surface area contributed by atoms with Gasteiger partial charge in [-0.15, -0.1) is 0 Å². The standard InChI is InChI=1S/C27H21F2IN2O5S/c1-2-36-22-11-16(10-21(30)25(22)37-15-17-6-3-4-9-20(17)29)12-23-26(34)32(27(35)38-23)14-24(33)31-19-8-5-7-18(28)13-19/h3-13H,2,14-15H2,1H3,(H,31,33)/b23-12+. The van der Waals surface area contributed by atoms with Crippen LogP contribution in [-0.4, -0.2) is 35.1 Å². The van der Waals surface area contributed by atoms with E-state index in [-0.39, 0.29) is 23.0 Å². The highest BCUT2D eigenvalue weighted by Gasteiger charge is 2.36. The summed E-state index contributed by atoms with van der Waals surface area (Å²) in [6.07, 6.45) is 1.53. The third-order valence-electron chi connectivity index (χ3n) is 5.24. The van der Waals surface area contributed by atoms with E-state index in [1.807, 2.05) is 0 Å². The SMILES string of the molecule is CCOc1cc(/C=C2/SC(=O)N(CC(=O)Nc3cccc(F)c3)C2=O)cc(I)c1OCc1ccccc1F. The lowest BCUT2D eigenvalue weighted by molar-refractivity contribution is -0.127. The Balaban J connectivity index is 1.50. The van der Waals surface area contributed by atoms with E-state index in [2.05, 4.69) is 27.9 Å². The molecule has 3 aromatic rings. The van der Waals surface area contributed by atoms with Crippen molar-refractivity contribution in [3.63, 3.8) is 0 Å². The first-order valence-electron chi connectivity index (χ1n) is 11.4. The fourth-order valence-electron chi connectivity index (χ4n) is 3.54. The van der Waals surface area contributed by atoms with Crippen LogP contribution in [0.4, 0.5) is 19.3 Å². The maximum atomic E-state index is 14.0. The number of nitrogens with one attached hydrogen (secondary N) is 1. The molecule has 0 bridgehead atoms. The maximum absolute atomic E-state index is 14.0. The summed E-state index contributed by atoms with van der Waals surface area (Å²) < 4.78 is 39.6. The lowest BCUT2D eigenvalue weighted by atomic mass is 10.1. The Kier molecular flexibility index (Phi) is 9.00. The van der Waals surface area contributed by atoms with Gasteiger partial charge in [0, 0.05) is 11.3 Å². The van der Waals surface area contributed by atoms with E-state index in [1.165, 1.54) is 30.3 Å². The summed E-state index contributed by atoms with van der Waals surface area (Å²) in [5.74, 6) is -1.34. The fraction of sp³-hybridized carbons (Fsp3) is 0.148. The van der Waals surface area contributed by atoms with Crippen LogP contribution < -0.4 is 14.8 Å². The third-order valence-corrected chi connectivity index (χ3v) is 6.95.